The van der Waals surface area contributed by atoms with Crippen LogP contribution in [0.5, 0.6) is 17.2 Å². The Balaban J connectivity index is 1.64. The average molecular weight is 577 g/mol. The van der Waals surface area contributed by atoms with Gasteiger partial charge in [-0.2, -0.15) is 9.78 Å². The lowest BCUT2D eigenvalue weighted by Crippen LogP contribution is -2.55. The first kappa shape index (κ1) is 27.1. The van der Waals surface area contributed by atoms with Crippen LogP contribution < -0.4 is 20.7 Å². The number of phenols is 1. The molecule has 2 aromatic carbocycles. The highest BCUT2D eigenvalue weighted by Crippen LogP contribution is 2.40. The van der Waals surface area contributed by atoms with Gasteiger partial charge in [0.05, 0.1) is 15.7 Å². The standard InChI is InChI=1S/C20H17BCl2F2N4O7S/c21-20(33)6-8(7-20)28-37(34,35)14-5-10(1-2-13(14)30)36-16-11(22)3-9(4-12(16)23)29-19(32)26-18(31)15(27-29)17(24)25/h1-5,8,17,28,30,33H,6-7,21H2,(H,26,31,32)/t8-,20-. The highest BCUT2D eigenvalue weighted by atomic mass is 35.5. The van der Waals surface area contributed by atoms with Crippen LogP contribution in [0.2, 0.25) is 10.0 Å². The summed E-state index contributed by atoms with van der Waals surface area (Å²) in [4.78, 5) is 24.9. The van der Waals surface area contributed by atoms with E-state index in [1.807, 2.05) is 0 Å². The number of nitrogens with zero attached hydrogens (tertiary/aromatic N) is 2. The van der Waals surface area contributed by atoms with E-state index < -0.39 is 55.6 Å². The van der Waals surface area contributed by atoms with Crippen LogP contribution in [0.4, 0.5) is 8.78 Å². The number of ether oxygens (including phenoxy) is 1. The third-order valence-corrected chi connectivity index (χ3v) is 7.53. The van der Waals surface area contributed by atoms with Crippen molar-refractivity contribution in [2.75, 3.05) is 0 Å². The Kier molecular flexibility index (Phi) is 7.11. The zero-order chi connectivity index (χ0) is 27.3. The Hall–Kier alpha value is -2.98. The number of phenolic OH excluding ortho intramolecular Hbond substituents is 1. The molecule has 1 aromatic heterocycles. The van der Waals surface area contributed by atoms with Gasteiger partial charge in [-0.15, -0.1) is 0 Å². The van der Waals surface area contributed by atoms with Gasteiger partial charge in [0.25, 0.3) is 12.0 Å². The SMILES string of the molecule is B[C@]1(O)C[C@H](NS(=O)(=O)c2cc(Oc3c(Cl)cc(-n4nc(C(F)F)c(=O)[nH]c4=O)cc3Cl)ccc2O)C1. The highest BCUT2D eigenvalue weighted by molar-refractivity contribution is 7.89. The van der Waals surface area contributed by atoms with Crippen LogP contribution in [0.15, 0.2) is 44.8 Å². The zero-order valence-electron chi connectivity index (χ0n) is 18.7. The molecule has 196 valence electrons. The molecule has 1 aliphatic rings. The van der Waals surface area contributed by atoms with E-state index in [1.165, 1.54) is 6.07 Å². The first-order valence-electron chi connectivity index (χ1n) is 10.4. The van der Waals surface area contributed by atoms with E-state index in [1.54, 1.807) is 12.8 Å². The number of aromatic hydroxyl groups is 1. The molecule has 1 heterocycles. The van der Waals surface area contributed by atoms with Gasteiger partial charge in [-0.05, 0) is 37.1 Å². The molecule has 0 aliphatic heterocycles. The summed E-state index contributed by atoms with van der Waals surface area (Å²) < 4.78 is 60.1. The number of H-pyrrole nitrogens is 1. The summed E-state index contributed by atoms with van der Waals surface area (Å²) in [7, 11) is -2.62. The van der Waals surface area contributed by atoms with E-state index in [0.29, 0.717) is 4.68 Å². The second-order valence-corrected chi connectivity index (χ2v) is 11.0. The first-order chi connectivity index (χ1) is 17.2. The minimum absolute atomic E-state index is 0.0883. The fraction of sp³-hybridized carbons (Fsp3) is 0.250. The molecule has 0 amide bonds. The Bertz CT molecular complexity index is 1580. The molecule has 0 saturated heterocycles. The van der Waals surface area contributed by atoms with E-state index in [0.717, 1.165) is 24.3 Å². The molecule has 1 fully saturated rings. The average Bonchev–Trinajstić information content (AvgIpc) is 2.75. The normalized spacial score (nSPS) is 19.6. The molecule has 0 unspecified atom stereocenters. The van der Waals surface area contributed by atoms with Gasteiger partial charge in [0, 0.05) is 17.6 Å². The highest BCUT2D eigenvalue weighted by Gasteiger charge is 2.40. The van der Waals surface area contributed by atoms with Gasteiger partial charge in [-0.3, -0.25) is 9.78 Å². The summed E-state index contributed by atoms with van der Waals surface area (Å²) in [5.41, 5.74) is -4.80. The number of aromatic amines is 1. The number of rotatable bonds is 7. The van der Waals surface area contributed by atoms with E-state index in [9.17, 15) is 37.0 Å². The van der Waals surface area contributed by atoms with Crippen molar-refractivity contribution in [1.82, 2.24) is 19.5 Å². The maximum absolute atomic E-state index is 13.0. The number of nitrogens with one attached hydrogen (secondary N) is 2. The second-order valence-electron chi connectivity index (χ2n) is 8.55. The molecule has 0 atom stereocenters. The molecular formula is C20H17BCl2F2N4O7S. The number of hydrogen-bond donors (Lipinski definition) is 4. The van der Waals surface area contributed by atoms with E-state index in [-0.39, 0.29) is 40.1 Å². The topological polar surface area (TPSA) is 164 Å². The summed E-state index contributed by atoms with van der Waals surface area (Å²) >= 11 is 12.5. The maximum Gasteiger partial charge on any atom is 0.349 e. The van der Waals surface area contributed by atoms with Gasteiger partial charge in [0.2, 0.25) is 10.0 Å². The predicted octanol–water partition coefficient (Wildman–Crippen LogP) is 1.43. The van der Waals surface area contributed by atoms with Gasteiger partial charge >= 0.3 is 5.69 Å². The number of benzene rings is 2. The van der Waals surface area contributed by atoms with Gasteiger partial charge in [-0.25, -0.2) is 26.7 Å². The number of hydrogen-bond acceptors (Lipinski definition) is 8. The largest absolute Gasteiger partial charge is 0.507 e. The molecule has 4 rings (SSSR count). The third kappa shape index (κ3) is 5.65. The van der Waals surface area contributed by atoms with Crippen LogP contribution in [0, 0.1) is 0 Å². The van der Waals surface area contributed by atoms with Crippen molar-refractivity contribution in [3.05, 3.63) is 66.9 Å². The van der Waals surface area contributed by atoms with Gasteiger partial charge in [-0.1, -0.05) is 23.2 Å². The van der Waals surface area contributed by atoms with Crippen molar-refractivity contribution < 1.29 is 32.1 Å². The molecule has 0 spiro atoms. The van der Waals surface area contributed by atoms with Crippen molar-refractivity contribution in [3.8, 4) is 22.9 Å². The molecule has 1 saturated carbocycles. The number of sulfonamides is 1. The quantitative estimate of drug-likeness (QED) is 0.307. The maximum atomic E-state index is 13.0. The Morgan fingerprint density at radius 3 is 2.41 bits per heavy atom. The minimum Gasteiger partial charge on any atom is -0.507 e. The zero-order valence-corrected chi connectivity index (χ0v) is 21.0. The van der Waals surface area contributed by atoms with E-state index in [4.69, 9.17) is 27.9 Å². The smallest absolute Gasteiger partial charge is 0.349 e. The van der Waals surface area contributed by atoms with Crippen LogP contribution in [0.1, 0.15) is 25.0 Å². The lowest BCUT2D eigenvalue weighted by atomic mass is 9.63. The number of aromatic nitrogens is 3. The molecular weight excluding hydrogens is 560 g/mol. The van der Waals surface area contributed by atoms with Crippen LogP contribution in [0.25, 0.3) is 5.69 Å². The molecule has 17 heteroatoms. The molecule has 37 heavy (non-hydrogen) atoms. The molecule has 0 bridgehead atoms. The summed E-state index contributed by atoms with van der Waals surface area (Å²) in [5, 5.41) is 22.9. The molecule has 11 nitrogen and oxygen atoms in total. The van der Waals surface area contributed by atoms with Crippen LogP contribution in [-0.2, 0) is 10.0 Å². The number of alkyl halides is 2. The van der Waals surface area contributed by atoms with Crippen molar-refractivity contribution in [2.24, 2.45) is 0 Å². The molecule has 1 aliphatic carbocycles. The fourth-order valence-electron chi connectivity index (χ4n) is 3.76. The number of halogens is 4. The predicted molar refractivity (Wildman–Crippen MR) is 130 cm³/mol. The monoisotopic (exact) mass is 576 g/mol. The van der Waals surface area contributed by atoms with Crippen LogP contribution >= 0.6 is 23.2 Å². The lowest BCUT2D eigenvalue weighted by Gasteiger charge is -2.41. The summed E-state index contributed by atoms with van der Waals surface area (Å²) in [6.07, 6.45) is -2.85. The van der Waals surface area contributed by atoms with Crippen molar-refractivity contribution in [2.45, 2.75) is 35.7 Å². The minimum atomic E-state index is -4.19. The Morgan fingerprint density at radius 1 is 1.22 bits per heavy atom. The van der Waals surface area contributed by atoms with E-state index in [2.05, 4.69) is 9.82 Å². The second kappa shape index (κ2) is 9.72. The van der Waals surface area contributed by atoms with Gasteiger partial charge < -0.3 is 14.9 Å². The lowest BCUT2D eigenvalue weighted by molar-refractivity contribution is 0.0275. The Morgan fingerprint density at radius 2 is 1.84 bits per heavy atom. The Labute approximate surface area is 218 Å². The van der Waals surface area contributed by atoms with Crippen molar-refractivity contribution in [1.29, 1.82) is 0 Å². The van der Waals surface area contributed by atoms with Gasteiger partial charge in [0.1, 0.15) is 24.2 Å². The first-order valence-corrected chi connectivity index (χ1v) is 12.7. The van der Waals surface area contributed by atoms with Crippen molar-refractivity contribution in [3.63, 3.8) is 0 Å². The summed E-state index contributed by atoms with van der Waals surface area (Å²) in [6.45, 7) is 0. The molecule has 3 aromatic rings. The number of aliphatic hydroxyl groups is 1. The molecule has 4 N–H and O–H groups in total. The van der Waals surface area contributed by atoms with Crippen LogP contribution in [0.3, 0.4) is 0 Å². The fourth-order valence-corrected chi connectivity index (χ4v) is 5.66. The summed E-state index contributed by atoms with van der Waals surface area (Å²) in [5.74, 6) is -0.831. The van der Waals surface area contributed by atoms with E-state index >= 15 is 0 Å². The van der Waals surface area contributed by atoms with Gasteiger partial charge in [0.15, 0.2) is 11.4 Å². The summed E-state index contributed by atoms with van der Waals surface area (Å²) in [6, 6.07) is 5.03. The third-order valence-electron chi connectivity index (χ3n) is 5.42. The van der Waals surface area contributed by atoms with Crippen molar-refractivity contribution >= 4 is 41.1 Å². The van der Waals surface area contributed by atoms with Crippen LogP contribution in [-0.4, -0.2) is 52.8 Å². The molecule has 0 radical (unpaired) electrons.